The third kappa shape index (κ3) is 24.8. The van der Waals surface area contributed by atoms with Crippen LogP contribution < -0.4 is 0 Å². The number of hydrogen-bond acceptors (Lipinski definition) is 6. The predicted octanol–water partition coefficient (Wildman–Crippen LogP) is 0.410. The Kier molecular flexibility index (Phi) is 21.3. The minimum atomic E-state index is -0.676. The molecule has 0 saturated carbocycles. The molecule has 0 heterocycles. The predicted molar refractivity (Wildman–Crippen MR) is 68.5 cm³/mol. The van der Waals surface area contributed by atoms with E-state index in [1.165, 1.54) is 0 Å². The van der Waals surface area contributed by atoms with Gasteiger partial charge in [0, 0.05) is 13.2 Å². The highest BCUT2D eigenvalue weighted by atomic mass is 16.6. The van der Waals surface area contributed by atoms with Gasteiger partial charge in [-0.05, 0) is 20.8 Å². The Morgan fingerprint density at radius 1 is 0.833 bits per heavy atom. The summed E-state index contributed by atoms with van der Waals surface area (Å²) in [6.07, 6.45) is -0.676. The first-order valence-corrected chi connectivity index (χ1v) is 6.32. The molecule has 18 heavy (non-hydrogen) atoms. The van der Waals surface area contributed by atoms with Gasteiger partial charge in [0.1, 0.15) is 0 Å². The van der Waals surface area contributed by atoms with Crippen LogP contribution in [0.25, 0.3) is 0 Å². The summed E-state index contributed by atoms with van der Waals surface area (Å²) in [4.78, 5) is 0. The topological polar surface area (TPSA) is 77.4 Å². The average molecular weight is 268 g/mol. The fraction of sp³-hybridized carbons (Fsp3) is 1.00. The first-order chi connectivity index (χ1) is 8.68. The van der Waals surface area contributed by atoms with Gasteiger partial charge in [0.25, 0.3) is 0 Å². The van der Waals surface area contributed by atoms with Crippen molar-refractivity contribution in [1.29, 1.82) is 0 Å². The maximum atomic E-state index is 8.57. The van der Waals surface area contributed by atoms with Crippen molar-refractivity contribution in [2.24, 2.45) is 0 Å². The highest BCUT2D eigenvalue weighted by Gasteiger charge is 1.91. The van der Waals surface area contributed by atoms with E-state index in [-0.39, 0.29) is 6.61 Å². The number of aliphatic hydroxyl groups is 2. The van der Waals surface area contributed by atoms with Crippen molar-refractivity contribution in [2.45, 2.75) is 27.1 Å². The lowest BCUT2D eigenvalue weighted by atomic mass is 10.7. The number of ether oxygens (including phenoxy) is 4. The number of rotatable bonds is 11. The lowest BCUT2D eigenvalue weighted by Crippen LogP contribution is -2.11. The van der Waals surface area contributed by atoms with Gasteiger partial charge in [-0.2, -0.15) is 0 Å². The molecule has 0 aliphatic heterocycles. The smallest absolute Gasteiger partial charge is 0.151 e. The molecule has 0 aromatic carbocycles. The van der Waals surface area contributed by atoms with Gasteiger partial charge in [0.05, 0.1) is 39.6 Å². The minimum absolute atomic E-state index is 0.0894. The van der Waals surface area contributed by atoms with Gasteiger partial charge in [-0.15, -0.1) is 0 Å². The van der Waals surface area contributed by atoms with Crippen LogP contribution in [0.1, 0.15) is 20.8 Å². The molecule has 0 fully saturated rings. The van der Waals surface area contributed by atoms with Crippen LogP contribution in [0.5, 0.6) is 0 Å². The molecule has 2 N–H and O–H groups in total. The maximum absolute atomic E-state index is 8.57. The highest BCUT2D eigenvalue weighted by Crippen LogP contribution is 1.83. The summed E-state index contributed by atoms with van der Waals surface area (Å²) in [6.45, 7) is 9.57. The molecule has 6 nitrogen and oxygen atoms in total. The zero-order valence-corrected chi connectivity index (χ0v) is 11.8. The van der Waals surface area contributed by atoms with E-state index in [9.17, 15) is 0 Å². The molecule has 0 aliphatic rings. The summed E-state index contributed by atoms with van der Waals surface area (Å²) in [5, 5.41) is 16.8. The fourth-order valence-electron chi connectivity index (χ4n) is 0.851. The molecule has 0 spiro atoms. The normalized spacial score (nSPS) is 11.8. The molecule has 0 saturated heterocycles. The van der Waals surface area contributed by atoms with E-state index >= 15 is 0 Å². The van der Waals surface area contributed by atoms with Crippen LogP contribution in [-0.2, 0) is 18.9 Å². The van der Waals surface area contributed by atoms with Crippen LogP contribution in [0.4, 0.5) is 0 Å². The Balaban J connectivity index is 0. The Morgan fingerprint density at radius 3 is 1.78 bits per heavy atom. The van der Waals surface area contributed by atoms with Crippen LogP contribution in [0.15, 0.2) is 0 Å². The van der Waals surface area contributed by atoms with Gasteiger partial charge in [-0.1, -0.05) is 0 Å². The van der Waals surface area contributed by atoms with Crippen molar-refractivity contribution in [3.63, 3.8) is 0 Å². The van der Waals surface area contributed by atoms with Crippen LogP contribution in [0, 0.1) is 0 Å². The molecule has 1 unspecified atom stereocenters. The first-order valence-electron chi connectivity index (χ1n) is 6.32. The molecule has 112 valence electrons. The van der Waals surface area contributed by atoms with E-state index in [1.807, 2.05) is 13.8 Å². The lowest BCUT2D eigenvalue weighted by molar-refractivity contribution is -0.0987. The van der Waals surface area contributed by atoms with Crippen molar-refractivity contribution in [1.82, 2.24) is 0 Å². The second-order valence-corrected chi connectivity index (χ2v) is 3.20. The third-order valence-corrected chi connectivity index (χ3v) is 1.60. The van der Waals surface area contributed by atoms with Crippen molar-refractivity contribution in [3.05, 3.63) is 0 Å². The molecule has 0 aromatic rings. The zero-order valence-electron chi connectivity index (χ0n) is 11.8. The van der Waals surface area contributed by atoms with Gasteiger partial charge in [-0.25, -0.2) is 0 Å². The van der Waals surface area contributed by atoms with Crippen LogP contribution in [0.2, 0.25) is 0 Å². The van der Waals surface area contributed by atoms with E-state index < -0.39 is 6.29 Å². The zero-order chi connectivity index (χ0) is 14.1. The number of hydrogen-bond donors (Lipinski definition) is 2. The molecular weight excluding hydrogens is 240 g/mol. The summed E-state index contributed by atoms with van der Waals surface area (Å²) in [7, 11) is 0. The van der Waals surface area contributed by atoms with E-state index in [4.69, 9.17) is 29.2 Å². The summed E-state index contributed by atoms with van der Waals surface area (Å²) in [5.41, 5.74) is 0. The quantitative estimate of drug-likeness (QED) is 0.417. The molecule has 0 aromatic heterocycles. The SMILES string of the molecule is CCOCCOC(C)O.CCOCCOCCO. The highest BCUT2D eigenvalue weighted by molar-refractivity contribution is 4.29. The van der Waals surface area contributed by atoms with Gasteiger partial charge in [0.2, 0.25) is 0 Å². The lowest BCUT2D eigenvalue weighted by Gasteiger charge is -2.05. The summed E-state index contributed by atoms with van der Waals surface area (Å²) in [5.74, 6) is 0. The second-order valence-electron chi connectivity index (χ2n) is 3.20. The van der Waals surface area contributed by atoms with Crippen molar-refractivity contribution in [2.75, 3.05) is 52.9 Å². The molecule has 0 radical (unpaired) electrons. The Labute approximate surface area is 110 Å². The van der Waals surface area contributed by atoms with Crippen LogP contribution >= 0.6 is 0 Å². The molecule has 0 bridgehead atoms. The monoisotopic (exact) mass is 268 g/mol. The van der Waals surface area contributed by atoms with Gasteiger partial charge in [0.15, 0.2) is 6.29 Å². The van der Waals surface area contributed by atoms with Crippen molar-refractivity contribution >= 4 is 0 Å². The number of aliphatic hydroxyl groups excluding tert-OH is 2. The molecule has 0 amide bonds. The van der Waals surface area contributed by atoms with E-state index in [0.29, 0.717) is 39.6 Å². The van der Waals surface area contributed by atoms with Crippen molar-refractivity contribution in [3.8, 4) is 0 Å². The largest absolute Gasteiger partial charge is 0.394 e. The molecular formula is C12H28O6. The summed E-state index contributed by atoms with van der Waals surface area (Å²) in [6, 6.07) is 0. The minimum Gasteiger partial charge on any atom is -0.394 e. The van der Waals surface area contributed by atoms with Gasteiger partial charge in [-0.3, -0.25) is 0 Å². The molecule has 0 rings (SSSR count). The van der Waals surface area contributed by atoms with Gasteiger partial charge < -0.3 is 29.2 Å². The maximum Gasteiger partial charge on any atom is 0.151 e. The van der Waals surface area contributed by atoms with E-state index in [1.54, 1.807) is 6.92 Å². The Hall–Kier alpha value is -0.240. The molecule has 1 atom stereocenters. The second kappa shape index (κ2) is 19.1. The van der Waals surface area contributed by atoms with Crippen molar-refractivity contribution < 1.29 is 29.2 Å². The standard InChI is InChI=1S/2C6H14O3/c1-3-8-4-5-9-6(2)7;1-2-8-5-6-9-4-3-7/h6-7H,3-5H2,1-2H3;7H,2-6H2,1H3. The Bertz CT molecular complexity index is 126. The fourth-order valence-corrected chi connectivity index (χ4v) is 0.851. The van der Waals surface area contributed by atoms with Crippen LogP contribution in [0.3, 0.4) is 0 Å². The van der Waals surface area contributed by atoms with E-state index in [0.717, 1.165) is 6.61 Å². The van der Waals surface area contributed by atoms with Gasteiger partial charge >= 0.3 is 0 Å². The first kappa shape index (κ1) is 20.1. The van der Waals surface area contributed by atoms with Crippen LogP contribution in [-0.4, -0.2) is 69.4 Å². The molecule has 6 heteroatoms. The third-order valence-electron chi connectivity index (χ3n) is 1.60. The summed E-state index contributed by atoms with van der Waals surface area (Å²) >= 11 is 0. The molecule has 0 aliphatic carbocycles. The Morgan fingerprint density at radius 2 is 1.33 bits per heavy atom. The van der Waals surface area contributed by atoms with E-state index in [2.05, 4.69) is 0 Å². The average Bonchev–Trinajstić information content (AvgIpc) is 2.35. The summed E-state index contributed by atoms with van der Waals surface area (Å²) < 4.78 is 19.6.